The quantitative estimate of drug-likeness (QED) is 0.0855. The number of rotatable bonds is 12. The lowest BCUT2D eigenvalue weighted by Crippen LogP contribution is -2.24. The normalized spacial score (nSPS) is 10.5. The summed E-state index contributed by atoms with van der Waals surface area (Å²) in [5.41, 5.74) is -0.223. The molecule has 0 fully saturated rings. The molecule has 0 radical (unpaired) electrons. The molecule has 10 nitrogen and oxygen atoms in total. The fourth-order valence-electron chi connectivity index (χ4n) is 4.66. The third-order valence-electron chi connectivity index (χ3n) is 6.95. The van der Waals surface area contributed by atoms with E-state index in [2.05, 4.69) is 0 Å². The highest BCUT2D eigenvalue weighted by Crippen LogP contribution is 2.28. The van der Waals surface area contributed by atoms with E-state index in [1.165, 1.54) is 0 Å². The van der Waals surface area contributed by atoms with Crippen molar-refractivity contribution in [1.29, 1.82) is 0 Å². The van der Waals surface area contributed by atoms with E-state index in [1.54, 1.807) is 121 Å². The van der Waals surface area contributed by atoms with Crippen LogP contribution in [-0.2, 0) is 45.4 Å². The van der Waals surface area contributed by atoms with Gasteiger partial charge in [-0.2, -0.15) is 0 Å². The van der Waals surface area contributed by atoms with Gasteiger partial charge in [-0.3, -0.25) is 4.79 Å². The molecule has 5 aromatic rings. The number of benzene rings is 4. The standard InChI is InChI=1S/C37H29NO9/c39-21-30-31(34(40)44-22-26-13-5-1-6-14-26)32(35(41)45-23-27-15-7-2-8-16-27)33(36(42)46-24-28-17-9-3-10-18-28)38(30)37(43)47-25-29-19-11-4-12-20-29/h1-21H,22-25H2. The Morgan fingerprint density at radius 3 is 1.19 bits per heavy atom. The van der Waals surface area contributed by atoms with Crippen LogP contribution in [0.3, 0.4) is 0 Å². The van der Waals surface area contributed by atoms with E-state index in [-0.39, 0.29) is 32.7 Å². The molecule has 4 aromatic carbocycles. The maximum Gasteiger partial charge on any atom is 0.419 e. The van der Waals surface area contributed by atoms with E-state index in [4.69, 9.17) is 18.9 Å². The van der Waals surface area contributed by atoms with Gasteiger partial charge in [0.15, 0.2) is 12.0 Å². The molecule has 0 aliphatic heterocycles. The molecule has 5 rings (SSSR count). The van der Waals surface area contributed by atoms with Gasteiger partial charge >= 0.3 is 24.0 Å². The zero-order valence-electron chi connectivity index (χ0n) is 25.1. The fourth-order valence-corrected chi connectivity index (χ4v) is 4.66. The summed E-state index contributed by atoms with van der Waals surface area (Å²) in [6, 6.07) is 34.7. The second kappa shape index (κ2) is 15.6. The van der Waals surface area contributed by atoms with E-state index in [0.29, 0.717) is 26.8 Å². The smallest absolute Gasteiger partial charge is 0.419 e. The first kappa shape index (κ1) is 32.1. The zero-order chi connectivity index (χ0) is 33.0. The molecule has 0 spiro atoms. The molecule has 0 aliphatic rings. The minimum absolute atomic E-state index is 0.171. The van der Waals surface area contributed by atoms with Crippen molar-refractivity contribution < 1.29 is 42.9 Å². The summed E-state index contributed by atoms with van der Waals surface area (Å²) in [5, 5.41) is 0. The van der Waals surface area contributed by atoms with Crippen LogP contribution in [0.5, 0.6) is 0 Å². The molecule has 0 saturated heterocycles. The van der Waals surface area contributed by atoms with Crippen molar-refractivity contribution in [2.45, 2.75) is 26.4 Å². The molecule has 0 atom stereocenters. The monoisotopic (exact) mass is 631 g/mol. The highest BCUT2D eigenvalue weighted by molar-refractivity contribution is 6.15. The van der Waals surface area contributed by atoms with Crippen molar-refractivity contribution in [2.24, 2.45) is 0 Å². The van der Waals surface area contributed by atoms with E-state index < -0.39 is 46.5 Å². The van der Waals surface area contributed by atoms with Crippen LogP contribution in [0.1, 0.15) is 63.9 Å². The van der Waals surface area contributed by atoms with Gasteiger partial charge in [-0.15, -0.1) is 0 Å². The van der Waals surface area contributed by atoms with Gasteiger partial charge < -0.3 is 18.9 Å². The fraction of sp³-hybridized carbons (Fsp3) is 0.108. The molecular formula is C37H29NO9. The second-order valence-electron chi connectivity index (χ2n) is 10.2. The molecule has 1 heterocycles. The number of hydrogen-bond donors (Lipinski definition) is 0. The Morgan fingerprint density at radius 1 is 0.468 bits per heavy atom. The molecule has 10 heteroatoms. The molecule has 47 heavy (non-hydrogen) atoms. The van der Waals surface area contributed by atoms with Gasteiger partial charge in [-0.05, 0) is 22.3 Å². The molecule has 0 aliphatic carbocycles. The lowest BCUT2D eigenvalue weighted by Gasteiger charge is -2.12. The van der Waals surface area contributed by atoms with Crippen LogP contribution < -0.4 is 0 Å². The maximum absolute atomic E-state index is 13.8. The summed E-state index contributed by atoms with van der Waals surface area (Å²) in [6.07, 6.45) is -1.04. The van der Waals surface area contributed by atoms with Gasteiger partial charge in [-0.25, -0.2) is 23.7 Å². The zero-order valence-corrected chi connectivity index (χ0v) is 25.1. The van der Waals surface area contributed by atoms with Gasteiger partial charge in [0.2, 0.25) is 0 Å². The minimum atomic E-state index is -1.21. The van der Waals surface area contributed by atoms with Crippen molar-refractivity contribution in [3.8, 4) is 0 Å². The van der Waals surface area contributed by atoms with Gasteiger partial charge in [0.05, 0.1) is 0 Å². The predicted octanol–water partition coefficient (Wildman–Crippen LogP) is 6.56. The van der Waals surface area contributed by atoms with Gasteiger partial charge in [0.1, 0.15) is 43.2 Å². The summed E-state index contributed by atoms with van der Waals surface area (Å²) >= 11 is 0. The lowest BCUT2D eigenvalue weighted by molar-refractivity contribution is 0.0403. The number of aromatic nitrogens is 1. The molecule has 0 saturated carbocycles. The Hall–Kier alpha value is -6.29. The Labute approximate surface area is 270 Å². The molecule has 0 bridgehead atoms. The number of carbonyl (C=O) groups is 5. The summed E-state index contributed by atoms with van der Waals surface area (Å²) in [7, 11) is 0. The van der Waals surface area contributed by atoms with Crippen LogP contribution in [0.25, 0.3) is 0 Å². The first-order valence-corrected chi connectivity index (χ1v) is 14.5. The van der Waals surface area contributed by atoms with Crippen LogP contribution in [0.4, 0.5) is 4.79 Å². The van der Waals surface area contributed by atoms with E-state index in [9.17, 15) is 24.0 Å². The second-order valence-corrected chi connectivity index (χ2v) is 10.2. The molecular weight excluding hydrogens is 602 g/mol. The number of esters is 3. The van der Waals surface area contributed by atoms with E-state index >= 15 is 0 Å². The number of aldehydes is 1. The summed E-state index contributed by atoms with van der Waals surface area (Å²) < 4.78 is 22.5. The maximum atomic E-state index is 13.8. The largest absolute Gasteiger partial charge is 0.457 e. The van der Waals surface area contributed by atoms with E-state index in [0.717, 1.165) is 0 Å². The third kappa shape index (κ3) is 8.06. The SMILES string of the molecule is O=Cc1c(C(=O)OCc2ccccc2)c(C(=O)OCc2ccccc2)c(C(=O)OCc2ccccc2)n1C(=O)OCc1ccccc1. The molecule has 0 N–H and O–H groups in total. The summed E-state index contributed by atoms with van der Waals surface area (Å²) in [5.74, 6) is -3.48. The van der Waals surface area contributed by atoms with Crippen LogP contribution in [0, 0.1) is 0 Å². The summed E-state index contributed by atoms with van der Waals surface area (Å²) in [4.78, 5) is 67.5. The third-order valence-corrected chi connectivity index (χ3v) is 6.95. The number of ether oxygens (including phenoxy) is 4. The minimum Gasteiger partial charge on any atom is -0.457 e. The molecule has 236 valence electrons. The first-order valence-electron chi connectivity index (χ1n) is 14.5. The topological polar surface area (TPSA) is 127 Å². The molecule has 0 amide bonds. The average Bonchev–Trinajstić information content (AvgIpc) is 3.48. The van der Waals surface area contributed by atoms with Crippen molar-refractivity contribution in [2.75, 3.05) is 0 Å². The molecule has 0 unspecified atom stereocenters. The van der Waals surface area contributed by atoms with Gasteiger partial charge in [0.25, 0.3) is 0 Å². The van der Waals surface area contributed by atoms with Crippen LogP contribution in [0.15, 0.2) is 121 Å². The number of hydrogen-bond acceptors (Lipinski definition) is 9. The Morgan fingerprint density at radius 2 is 0.809 bits per heavy atom. The Bertz CT molecular complexity index is 1720. The van der Waals surface area contributed by atoms with Crippen molar-refractivity contribution in [1.82, 2.24) is 4.57 Å². The van der Waals surface area contributed by atoms with Crippen LogP contribution in [0.2, 0.25) is 0 Å². The highest BCUT2D eigenvalue weighted by Gasteiger charge is 2.39. The van der Waals surface area contributed by atoms with Crippen molar-refractivity contribution in [3.05, 3.63) is 166 Å². The average molecular weight is 632 g/mol. The Kier molecular flexibility index (Phi) is 10.7. The summed E-state index contributed by atoms with van der Waals surface area (Å²) in [6.45, 7) is -0.951. The van der Waals surface area contributed by atoms with E-state index in [1.807, 2.05) is 0 Å². The van der Waals surface area contributed by atoms with Crippen LogP contribution in [-0.4, -0.2) is 34.9 Å². The number of nitrogens with zero attached hydrogens (tertiary/aromatic N) is 1. The first-order chi connectivity index (χ1) is 23.0. The van der Waals surface area contributed by atoms with Gasteiger partial charge in [0, 0.05) is 0 Å². The Balaban J connectivity index is 1.58. The number of carbonyl (C=O) groups excluding carboxylic acids is 5. The van der Waals surface area contributed by atoms with Crippen LogP contribution >= 0.6 is 0 Å². The predicted molar refractivity (Wildman–Crippen MR) is 169 cm³/mol. The lowest BCUT2D eigenvalue weighted by atomic mass is 10.1. The molecule has 1 aromatic heterocycles. The van der Waals surface area contributed by atoms with Crippen molar-refractivity contribution >= 4 is 30.3 Å². The highest BCUT2D eigenvalue weighted by atomic mass is 16.6. The van der Waals surface area contributed by atoms with Gasteiger partial charge in [-0.1, -0.05) is 121 Å². The van der Waals surface area contributed by atoms with Crippen molar-refractivity contribution in [3.63, 3.8) is 0 Å².